The highest BCUT2D eigenvalue weighted by Gasteiger charge is 2.22. The second kappa shape index (κ2) is 8.53. The first-order chi connectivity index (χ1) is 12.2. The molecule has 2 heterocycles. The molecule has 25 heavy (non-hydrogen) atoms. The SMILES string of the molecule is Cc1cnc(C(=O)NC[C@H]2CCN(C/C=C/c3ccccc3)C2)cn1. The number of amides is 1. The Hall–Kier alpha value is -2.53. The molecule has 0 saturated carbocycles. The van der Waals surface area contributed by atoms with E-state index < -0.39 is 0 Å². The molecule has 1 aliphatic rings. The third-order valence-corrected chi connectivity index (χ3v) is 4.41. The minimum absolute atomic E-state index is 0.144. The van der Waals surface area contributed by atoms with Crippen LogP contribution in [0, 0.1) is 12.8 Å². The zero-order valence-electron chi connectivity index (χ0n) is 14.6. The fourth-order valence-corrected chi connectivity index (χ4v) is 2.98. The van der Waals surface area contributed by atoms with Crippen molar-refractivity contribution in [2.24, 2.45) is 5.92 Å². The van der Waals surface area contributed by atoms with E-state index >= 15 is 0 Å². The molecule has 2 aromatic rings. The Morgan fingerprint density at radius 2 is 2.12 bits per heavy atom. The maximum Gasteiger partial charge on any atom is 0.271 e. The number of benzene rings is 1. The zero-order valence-corrected chi connectivity index (χ0v) is 14.6. The van der Waals surface area contributed by atoms with Gasteiger partial charge in [-0.05, 0) is 31.4 Å². The third-order valence-electron chi connectivity index (χ3n) is 4.41. The van der Waals surface area contributed by atoms with Crippen LogP contribution in [0.15, 0.2) is 48.8 Å². The highest BCUT2D eigenvalue weighted by atomic mass is 16.1. The average molecular weight is 336 g/mol. The minimum atomic E-state index is -0.144. The molecule has 1 saturated heterocycles. The lowest BCUT2D eigenvalue weighted by Gasteiger charge is -2.14. The van der Waals surface area contributed by atoms with E-state index in [1.54, 1.807) is 6.20 Å². The van der Waals surface area contributed by atoms with Crippen LogP contribution in [-0.4, -0.2) is 47.0 Å². The van der Waals surface area contributed by atoms with Gasteiger partial charge in [-0.1, -0.05) is 42.5 Å². The summed E-state index contributed by atoms with van der Waals surface area (Å²) in [6, 6.07) is 10.3. The molecule has 5 nitrogen and oxygen atoms in total. The fraction of sp³-hybridized carbons (Fsp3) is 0.350. The van der Waals surface area contributed by atoms with Crippen LogP contribution in [0.5, 0.6) is 0 Å². The molecule has 5 heteroatoms. The Morgan fingerprint density at radius 1 is 1.28 bits per heavy atom. The summed E-state index contributed by atoms with van der Waals surface area (Å²) in [5, 5.41) is 2.98. The van der Waals surface area contributed by atoms with Gasteiger partial charge in [-0.3, -0.25) is 14.7 Å². The normalized spacial score (nSPS) is 17.9. The van der Waals surface area contributed by atoms with Gasteiger partial charge in [0.2, 0.25) is 0 Å². The number of nitrogens with zero attached hydrogens (tertiary/aromatic N) is 3. The lowest BCUT2D eigenvalue weighted by molar-refractivity contribution is 0.0942. The van der Waals surface area contributed by atoms with Gasteiger partial charge in [0.1, 0.15) is 5.69 Å². The Labute approximate surface area is 148 Å². The summed E-state index contributed by atoms with van der Waals surface area (Å²) in [4.78, 5) is 22.7. The Kier molecular flexibility index (Phi) is 5.90. The lowest BCUT2D eigenvalue weighted by Crippen LogP contribution is -2.31. The van der Waals surface area contributed by atoms with Crippen molar-refractivity contribution in [1.29, 1.82) is 0 Å². The van der Waals surface area contributed by atoms with Gasteiger partial charge in [0.25, 0.3) is 5.91 Å². The van der Waals surface area contributed by atoms with Crippen molar-refractivity contribution in [1.82, 2.24) is 20.2 Å². The van der Waals surface area contributed by atoms with Crippen LogP contribution < -0.4 is 5.32 Å². The molecule has 0 bridgehead atoms. The molecular formula is C20H24N4O. The Balaban J connectivity index is 1.40. The van der Waals surface area contributed by atoms with Crippen molar-refractivity contribution in [2.45, 2.75) is 13.3 Å². The van der Waals surface area contributed by atoms with Gasteiger partial charge in [0, 0.05) is 25.8 Å². The van der Waals surface area contributed by atoms with Crippen molar-refractivity contribution in [3.8, 4) is 0 Å². The number of nitrogens with one attached hydrogen (secondary N) is 1. The molecule has 0 radical (unpaired) electrons. The Bertz CT molecular complexity index is 712. The van der Waals surface area contributed by atoms with Gasteiger partial charge in [-0.2, -0.15) is 0 Å². The molecule has 1 amide bonds. The van der Waals surface area contributed by atoms with Crippen LogP contribution in [0.2, 0.25) is 0 Å². The maximum atomic E-state index is 12.1. The molecule has 3 rings (SSSR count). The molecule has 1 aromatic carbocycles. The van der Waals surface area contributed by atoms with Gasteiger partial charge < -0.3 is 5.32 Å². The van der Waals surface area contributed by atoms with Crippen molar-refractivity contribution in [3.63, 3.8) is 0 Å². The molecule has 1 atom stereocenters. The van der Waals surface area contributed by atoms with Crippen LogP contribution in [0.4, 0.5) is 0 Å². The van der Waals surface area contributed by atoms with Crippen LogP contribution in [0.1, 0.15) is 28.2 Å². The van der Waals surface area contributed by atoms with E-state index in [0.29, 0.717) is 18.2 Å². The van der Waals surface area contributed by atoms with E-state index in [1.807, 2.05) is 25.1 Å². The number of hydrogen-bond donors (Lipinski definition) is 1. The second-order valence-corrected chi connectivity index (χ2v) is 6.48. The number of aryl methyl sites for hydroxylation is 1. The predicted octanol–water partition coefficient (Wildman–Crippen LogP) is 2.55. The van der Waals surface area contributed by atoms with Gasteiger partial charge in [0.05, 0.1) is 11.9 Å². The second-order valence-electron chi connectivity index (χ2n) is 6.48. The van der Waals surface area contributed by atoms with Gasteiger partial charge in [0.15, 0.2) is 0 Å². The van der Waals surface area contributed by atoms with Crippen LogP contribution in [-0.2, 0) is 0 Å². The first kappa shape index (κ1) is 17.3. The van der Waals surface area contributed by atoms with Crippen LogP contribution in [0.3, 0.4) is 0 Å². The smallest absolute Gasteiger partial charge is 0.271 e. The molecule has 0 spiro atoms. The number of rotatable bonds is 6. The summed E-state index contributed by atoms with van der Waals surface area (Å²) in [6.07, 6.45) is 8.62. The van der Waals surface area contributed by atoms with Crippen LogP contribution in [0.25, 0.3) is 6.08 Å². The molecule has 0 unspecified atom stereocenters. The summed E-state index contributed by atoms with van der Waals surface area (Å²) in [5.41, 5.74) is 2.42. The molecule has 1 aromatic heterocycles. The molecule has 1 fully saturated rings. The van der Waals surface area contributed by atoms with Crippen molar-refractivity contribution in [2.75, 3.05) is 26.2 Å². The van der Waals surface area contributed by atoms with Gasteiger partial charge in [-0.25, -0.2) is 4.98 Å². The topological polar surface area (TPSA) is 58.1 Å². The standard InChI is InChI=1S/C20H24N4O/c1-16-12-22-19(14-21-16)20(25)23-13-18-9-11-24(15-18)10-5-8-17-6-3-2-4-7-17/h2-8,12,14,18H,9-11,13,15H2,1H3,(H,23,25)/b8-5+/t18-/m1/s1. The first-order valence-electron chi connectivity index (χ1n) is 8.71. The molecule has 130 valence electrons. The molecule has 1 N–H and O–H groups in total. The molecule has 0 aliphatic carbocycles. The van der Waals surface area contributed by atoms with E-state index in [2.05, 4.69) is 44.5 Å². The lowest BCUT2D eigenvalue weighted by atomic mass is 10.1. The predicted molar refractivity (Wildman–Crippen MR) is 99.1 cm³/mol. The van der Waals surface area contributed by atoms with E-state index in [9.17, 15) is 4.79 Å². The van der Waals surface area contributed by atoms with Crippen molar-refractivity contribution >= 4 is 12.0 Å². The first-order valence-corrected chi connectivity index (χ1v) is 8.71. The van der Waals surface area contributed by atoms with Crippen LogP contribution >= 0.6 is 0 Å². The number of likely N-dealkylation sites (tertiary alicyclic amines) is 1. The monoisotopic (exact) mass is 336 g/mol. The average Bonchev–Trinajstić information content (AvgIpc) is 3.09. The third kappa shape index (κ3) is 5.22. The quantitative estimate of drug-likeness (QED) is 0.881. The number of aromatic nitrogens is 2. The van der Waals surface area contributed by atoms with E-state index in [4.69, 9.17) is 0 Å². The minimum Gasteiger partial charge on any atom is -0.350 e. The number of carbonyl (C=O) groups excluding carboxylic acids is 1. The summed E-state index contributed by atoms with van der Waals surface area (Å²) < 4.78 is 0. The molecular weight excluding hydrogens is 312 g/mol. The zero-order chi connectivity index (χ0) is 17.5. The summed E-state index contributed by atoms with van der Waals surface area (Å²) in [7, 11) is 0. The number of hydrogen-bond acceptors (Lipinski definition) is 4. The number of carbonyl (C=O) groups is 1. The van der Waals surface area contributed by atoms with E-state index in [-0.39, 0.29) is 5.91 Å². The van der Waals surface area contributed by atoms with Gasteiger partial charge in [-0.15, -0.1) is 0 Å². The Morgan fingerprint density at radius 3 is 2.88 bits per heavy atom. The summed E-state index contributed by atoms with van der Waals surface area (Å²) >= 11 is 0. The highest BCUT2D eigenvalue weighted by Crippen LogP contribution is 2.15. The molecule has 1 aliphatic heterocycles. The van der Waals surface area contributed by atoms with Crippen molar-refractivity contribution < 1.29 is 4.79 Å². The van der Waals surface area contributed by atoms with Crippen molar-refractivity contribution in [3.05, 3.63) is 65.8 Å². The summed E-state index contributed by atoms with van der Waals surface area (Å²) in [5.74, 6) is 0.349. The maximum absolute atomic E-state index is 12.1. The van der Waals surface area contributed by atoms with E-state index in [1.165, 1.54) is 11.8 Å². The largest absolute Gasteiger partial charge is 0.350 e. The van der Waals surface area contributed by atoms with Gasteiger partial charge >= 0.3 is 0 Å². The highest BCUT2D eigenvalue weighted by molar-refractivity contribution is 5.91. The fourth-order valence-electron chi connectivity index (χ4n) is 2.98. The van der Waals surface area contributed by atoms with E-state index in [0.717, 1.165) is 31.7 Å². The summed E-state index contributed by atoms with van der Waals surface area (Å²) in [6.45, 7) is 5.58.